The van der Waals surface area contributed by atoms with E-state index in [2.05, 4.69) is 9.47 Å². The van der Waals surface area contributed by atoms with Gasteiger partial charge in [0.15, 0.2) is 0 Å². The summed E-state index contributed by atoms with van der Waals surface area (Å²) in [7, 11) is 2.44. The zero-order valence-corrected chi connectivity index (χ0v) is 13.4. The van der Waals surface area contributed by atoms with E-state index in [-0.39, 0.29) is 18.8 Å². The Morgan fingerprint density at radius 3 is 1.83 bits per heavy atom. The molecule has 0 heterocycles. The maximum atomic E-state index is 11.8. The average Bonchev–Trinajstić information content (AvgIpc) is 2.60. The van der Waals surface area contributed by atoms with E-state index in [0.29, 0.717) is 12.0 Å². The predicted octanol–water partition coefficient (Wildman–Crippen LogP) is 1.13. The van der Waals surface area contributed by atoms with Gasteiger partial charge in [-0.25, -0.2) is 9.59 Å². The molecular weight excluding hydrogens is 320 g/mol. The molecule has 0 bridgehead atoms. The van der Waals surface area contributed by atoms with Crippen molar-refractivity contribution in [2.75, 3.05) is 27.4 Å². The molecule has 0 saturated heterocycles. The first-order valence-electron chi connectivity index (χ1n) is 7.06. The number of carbonyl (C=O) groups is 4. The second kappa shape index (κ2) is 9.98. The van der Waals surface area contributed by atoms with Crippen molar-refractivity contribution in [3.63, 3.8) is 0 Å². The Hall–Kier alpha value is -2.90. The average molecular weight is 338 g/mol. The van der Waals surface area contributed by atoms with E-state index in [1.807, 2.05) is 0 Å². The highest BCUT2D eigenvalue weighted by atomic mass is 16.6. The molecule has 0 atom stereocenters. The molecule has 0 spiro atoms. The molecule has 0 aliphatic heterocycles. The van der Waals surface area contributed by atoms with Crippen molar-refractivity contribution in [2.24, 2.45) is 0 Å². The van der Waals surface area contributed by atoms with Crippen LogP contribution in [-0.2, 0) is 28.5 Å². The molecule has 0 unspecified atom stereocenters. The van der Waals surface area contributed by atoms with Gasteiger partial charge in [-0.1, -0.05) is 0 Å². The molecule has 0 radical (unpaired) electrons. The molecule has 0 N–H and O–H groups in total. The van der Waals surface area contributed by atoms with Crippen LogP contribution < -0.4 is 0 Å². The van der Waals surface area contributed by atoms with Crippen LogP contribution >= 0.6 is 0 Å². The molecule has 1 aromatic rings. The third-order valence-electron chi connectivity index (χ3n) is 2.84. The van der Waals surface area contributed by atoms with E-state index in [9.17, 15) is 19.2 Å². The van der Waals surface area contributed by atoms with E-state index in [0.717, 1.165) is 0 Å². The number of rotatable bonds is 8. The standard InChI is InChI=1S/C16H18O8/c1-21-13(17)10-14(18)23-8-3-9-24-16(20)12-6-4-11(5-7-12)15(19)22-2/h4-7H,3,8-10H2,1-2H3. The fraction of sp³-hybridized carbons (Fsp3) is 0.375. The van der Waals surface area contributed by atoms with Gasteiger partial charge in [0.05, 0.1) is 38.6 Å². The minimum absolute atomic E-state index is 0.0182. The highest BCUT2D eigenvalue weighted by Crippen LogP contribution is 2.07. The lowest BCUT2D eigenvalue weighted by atomic mass is 10.1. The van der Waals surface area contributed by atoms with Crippen LogP contribution in [0.3, 0.4) is 0 Å². The Bertz CT molecular complexity index is 591. The fourth-order valence-electron chi connectivity index (χ4n) is 1.59. The summed E-state index contributed by atoms with van der Waals surface area (Å²) in [5.41, 5.74) is 0.608. The van der Waals surface area contributed by atoms with Crippen LogP contribution in [0.15, 0.2) is 24.3 Å². The van der Waals surface area contributed by atoms with Crippen LogP contribution in [-0.4, -0.2) is 51.3 Å². The zero-order chi connectivity index (χ0) is 17.9. The number of hydrogen-bond acceptors (Lipinski definition) is 8. The summed E-state index contributed by atoms with van der Waals surface area (Å²) in [5, 5.41) is 0. The van der Waals surface area contributed by atoms with Crippen LogP contribution in [0.5, 0.6) is 0 Å². The number of benzene rings is 1. The quantitative estimate of drug-likeness (QED) is 0.300. The molecule has 0 aliphatic carbocycles. The van der Waals surface area contributed by atoms with E-state index >= 15 is 0 Å². The first-order chi connectivity index (χ1) is 11.5. The fourth-order valence-corrected chi connectivity index (χ4v) is 1.59. The molecule has 0 aromatic heterocycles. The summed E-state index contributed by atoms with van der Waals surface area (Å²) in [6, 6.07) is 5.81. The van der Waals surface area contributed by atoms with Crippen LogP contribution in [0.1, 0.15) is 33.6 Å². The number of carbonyl (C=O) groups excluding carboxylic acids is 4. The minimum atomic E-state index is -0.702. The lowest BCUT2D eigenvalue weighted by molar-refractivity contribution is -0.153. The third kappa shape index (κ3) is 6.47. The molecule has 1 rings (SSSR count). The molecule has 130 valence electrons. The topological polar surface area (TPSA) is 105 Å². The molecule has 0 saturated carbocycles. The number of esters is 4. The highest BCUT2D eigenvalue weighted by Gasteiger charge is 2.12. The molecule has 0 amide bonds. The van der Waals surface area contributed by atoms with Gasteiger partial charge in [-0.2, -0.15) is 0 Å². The maximum absolute atomic E-state index is 11.8. The van der Waals surface area contributed by atoms with Gasteiger partial charge in [0.2, 0.25) is 0 Å². The molecule has 8 nitrogen and oxygen atoms in total. The van der Waals surface area contributed by atoms with Crippen molar-refractivity contribution in [3.8, 4) is 0 Å². The van der Waals surface area contributed by atoms with Crippen molar-refractivity contribution in [3.05, 3.63) is 35.4 Å². The van der Waals surface area contributed by atoms with Gasteiger partial charge in [-0.15, -0.1) is 0 Å². The molecule has 8 heteroatoms. The lowest BCUT2D eigenvalue weighted by Gasteiger charge is -2.06. The van der Waals surface area contributed by atoms with Gasteiger partial charge in [-0.05, 0) is 24.3 Å². The van der Waals surface area contributed by atoms with Gasteiger partial charge in [0.25, 0.3) is 0 Å². The van der Waals surface area contributed by atoms with Gasteiger partial charge in [0.1, 0.15) is 6.42 Å². The second-order valence-corrected chi connectivity index (χ2v) is 4.53. The van der Waals surface area contributed by atoms with E-state index in [1.165, 1.54) is 38.5 Å². The van der Waals surface area contributed by atoms with Crippen LogP contribution in [0.2, 0.25) is 0 Å². The second-order valence-electron chi connectivity index (χ2n) is 4.53. The molecular formula is C16H18O8. The Morgan fingerprint density at radius 1 is 0.750 bits per heavy atom. The van der Waals surface area contributed by atoms with Gasteiger partial charge < -0.3 is 18.9 Å². The summed E-state index contributed by atoms with van der Waals surface area (Å²) >= 11 is 0. The number of hydrogen-bond donors (Lipinski definition) is 0. The maximum Gasteiger partial charge on any atom is 0.338 e. The molecule has 24 heavy (non-hydrogen) atoms. The highest BCUT2D eigenvalue weighted by molar-refractivity contribution is 5.93. The predicted molar refractivity (Wildman–Crippen MR) is 80.3 cm³/mol. The minimum Gasteiger partial charge on any atom is -0.469 e. The Morgan fingerprint density at radius 2 is 1.29 bits per heavy atom. The molecule has 1 aromatic carbocycles. The SMILES string of the molecule is COC(=O)CC(=O)OCCCOC(=O)c1ccc(C(=O)OC)cc1. The Balaban J connectivity index is 2.28. The first kappa shape index (κ1) is 19.1. The molecule has 0 fully saturated rings. The van der Waals surface area contributed by atoms with E-state index in [1.54, 1.807) is 0 Å². The summed E-state index contributed by atoms with van der Waals surface area (Å²) in [5.74, 6) is -2.44. The third-order valence-corrected chi connectivity index (χ3v) is 2.84. The largest absolute Gasteiger partial charge is 0.469 e. The summed E-state index contributed by atoms with van der Waals surface area (Å²) in [4.78, 5) is 45.0. The Kier molecular flexibility index (Phi) is 7.97. The van der Waals surface area contributed by atoms with Crippen molar-refractivity contribution in [2.45, 2.75) is 12.8 Å². The summed E-state index contributed by atoms with van der Waals surface area (Å²) < 4.78 is 18.6. The monoisotopic (exact) mass is 338 g/mol. The lowest BCUT2D eigenvalue weighted by Crippen LogP contribution is -2.14. The van der Waals surface area contributed by atoms with Crippen molar-refractivity contribution in [1.82, 2.24) is 0 Å². The first-order valence-corrected chi connectivity index (χ1v) is 7.06. The normalized spacial score (nSPS) is 9.75. The number of methoxy groups -OCH3 is 2. The van der Waals surface area contributed by atoms with Crippen molar-refractivity contribution in [1.29, 1.82) is 0 Å². The van der Waals surface area contributed by atoms with Crippen LogP contribution in [0.25, 0.3) is 0 Å². The van der Waals surface area contributed by atoms with Crippen molar-refractivity contribution >= 4 is 23.9 Å². The molecule has 0 aliphatic rings. The Labute approximate surface area is 138 Å². The van der Waals surface area contributed by atoms with E-state index in [4.69, 9.17) is 9.47 Å². The van der Waals surface area contributed by atoms with Gasteiger partial charge >= 0.3 is 23.9 Å². The van der Waals surface area contributed by atoms with Gasteiger partial charge in [-0.3, -0.25) is 9.59 Å². The van der Waals surface area contributed by atoms with Crippen molar-refractivity contribution < 1.29 is 38.1 Å². The van der Waals surface area contributed by atoms with Gasteiger partial charge in [0, 0.05) is 6.42 Å². The van der Waals surface area contributed by atoms with Crippen LogP contribution in [0.4, 0.5) is 0 Å². The van der Waals surface area contributed by atoms with Crippen LogP contribution in [0, 0.1) is 0 Å². The number of ether oxygens (including phenoxy) is 4. The summed E-state index contributed by atoms with van der Waals surface area (Å²) in [6.45, 7) is 0.0630. The van der Waals surface area contributed by atoms with E-state index < -0.39 is 30.3 Å². The smallest absolute Gasteiger partial charge is 0.338 e. The zero-order valence-electron chi connectivity index (χ0n) is 13.4. The summed E-state index contributed by atoms with van der Waals surface area (Å²) in [6.07, 6.45) is -0.165.